The predicted octanol–water partition coefficient (Wildman–Crippen LogP) is 1.80. The van der Waals surface area contributed by atoms with Crippen molar-refractivity contribution in [3.8, 4) is 12.2 Å². The van der Waals surface area contributed by atoms with Gasteiger partial charge in [0, 0.05) is 13.1 Å². The first-order valence-electron chi connectivity index (χ1n) is 6.52. The van der Waals surface area contributed by atoms with Gasteiger partial charge in [-0.15, -0.1) is 0 Å². The quantitative estimate of drug-likeness (QED) is 0.639. The van der Waals surface area contributed by atoms with Crippen LogP contribution in [-0.2, 0) is 6.54 Å². The average Bonchev–Trinajstić information content (AvgIpc) is 2.55. The predicted molar refractivity (Wildman–Crippen MR) is 78.8 cm³/mol. The van der Waals surface area contributed by atoms with Crippen LogP contribution in [0.1, 0.15) is 12.5 Å². The molecule has 7 heteroatoms. The topological polar surface area (TPSA) is 87.0 Å². The fraction of sp³-hybridized carbons (Fsp3) is 0.286. The fourth-order valence-electron chi connectivity index (χ4n) is 1.67. The van der Waals surface area contributed by atoms with E-state index in [-0.39, 0.29) is 12.0 Å². The minimum absolute atomic E-state index is 0.171. The van der Waals surface area contributed by atoms with Gasteiger partial charge in [0.15, 0.2) is 6.19 Å². The second-order valence-electron chi connectivity index (χ2n) is 4.13. The molecular formula is C14H16N6O. The van der Waals surface area contributed by atoms with Crippen LogP contribution in [0.5, 0.6) is 6.01 Å². The molecule has 1 N–H and O–H groups in total. The van der Waals surface area contributed by atoms with E-state index in [4.69, 9.17) is 10.00 Å². The maximum Gasteiger partial charge on any atom is 0.322 e. The van der Waals surface area contributed by atoms with Gasteiger partial charge >= 0.3 is 6.01 Å². The Bertz CT molecular complexity index is 625. The third-order valence-corrected chi connectivity index (χ3v) is 2.76. The molecule has 0 spiro atoms. The largest absolute Gasteiger partial charge is 0.467 e. The number of nitrogens with one attached hydrogen (secondary N) is 1. The van der Waals surface area contributed by atoms with Crippen molar-refractivity contribution in [3.05, 3.63) is 35.9 Å². The Morgan fingerprint density at radius 3 is 2.62 bits per heavy atom. The van der Waals surface area contributed by atoms with Crippen molar-refractivity contribution < 1.29 is 4.74 Å². The Morgan fingerprint density at radius 2 is 2.00 bits per heavy atom. The highest BCUT2D eigenvalue weighted by molar-refractivity contribution is 5.42. The molecule has 1 aromatic carbocycles. The molecule has 0 atom stereocenters. The van der Waals surface area contributed by atoms with E-state index in [1.807, 2.05) is 43.4 Å². The lowest BCUT2D eigenvalue weighted by Gasteiger charge is -2.13. The van der Waals surface area contributed by atoms with Gasteiger partial charge in [-0.3, -0.25) is 0 Å². The molecule has 7 nitrogen and oxygen atoms in total. The SMILES string of the molecule is CCN(C#N)c1nc(NCc2ccccc2)nc(OC)n1. The Kier molecular flexibility index (Phi) is 4.88. The molecule has 2 aromatic rings. The van der Waals surface area contributed by atoms with Crippen molar-refractivity contribution in [2.45, 2.75) is 13.5 Å². The number of aromatic nitrogens is 3. The van der Waals surface area contributed by atoms with E-state index in [0.29, 0.717) is 19.0 Å². The second-order valence-corrected chi connectivity index (χ2v) is 4.13. The molecule has 0 saturated carbocycles. The van der Waals surface area contributed by atoms with Crippen molar-refractivity contribution in [2.24, 2.45) is 0 Å². The lowest BCUT2D eigenvalue weighted by molar-refractivity contribution is 0.379. The average molecular weight is 284 g/mol. The summed E-state index contributed by atoms with van der Waals surface area (Å²) in [5, 5.41) is 12.2. The molecular weight excluding hydrogens is 268 g/mol. The molecule has 0 bridgehead atoms. The molecule has 21 heavy (non-hydrogen) atoms. The summed E-state index contributed by atoms with van der Waals surface area (Å²) in [5.74, 6) is 0.636. The second kappa shape index (κ2) is 7.05. The third kappa shape index (κ3) is 3.79. The van der Waals surface area contributed by atoms with Gasteiger partial charge in [-0.2, -0.15) is 20.2 Å². The molecule has 0 saturated heterocycles. The summed E-state index contributed by atoms with van der Waals surface area (Å²) in [6, 6.07) is 10.1. The number of benzene rings is 1. The molecule has 108 valence electrons. The summed E-state index contributed by atoms with van der Waals surface area (Å²) in [6.45, 7) is 2.89. The van der Waals surface area contributed by atoms with Gasteiger partial charge in [-0.05, 0) is 12.5 Å². The zero-order valence-corrected chi connectivity index (χ0v) is 11.9. The van der Waals surface area contributed by atoms with Crippen LogP contribution < -0.4 is 15.0 Å². The molecule has 0 amide bonds. The maximum atomic E-state index is 9.06. The number of hydrogen-bond donors (Lipinski definition) is 1. The molecule has 2 rings (SSSR count). The first kappa shape index (κ1) is 14.5. The van der Waals surface area contributed by atoms with Crippen LogP contribution in [0.3, 0.4) is 0 Å². The van der Waals surface area contributed by atoms with E-state index in [2.05, 4.69) is 20.3 Å². The van der Waals surface area contributed by atoms with Crippen molar-refractivity contribution >= 4 is 11.9 Å². The number of ether oxygens (including phenoxy) is 1. The van der Waals surface area contributed by atoms with Crippen LogP contribution >= 0.6 is 0 Å². The van der Waals surface area contributed by atoms with Crippen LogP contribution in [0.15, 0.2) is 30.3 Å². The number of methoxy groups -OCH3 is 1. The number of hydrogen-bond acceptors (Lipinski definition) is 7. The Morgan fingerprint density at radius 1 is 1.24 bits per heavy atom. The van der Waals surface area contributed by atoms with Crippen LogP contribution in [0.2, 0.25) is 0 Å². The number of nitriles is 1. The first-order valence-corrected chi connectivity index (χ1v) is 6.52. The van der Waals surface area contributed by atoms with Gasteiger partial charge in [0.25, 0.3) is 0 Å². The molecule has 1 aromatic heterocycles. The lowest BCUT2D eigenvalue weighted by Crippen LogP contribution is -2.20. The molecule has 0 aliphatic heterocycles. The highest BCUT2D eigenvalue weighted by Crippen LogP contribution is 2.14. The molecule has 0 aliphatic rings. The molecule has 0 aliphatic carbocycles. The van der Waals surface area contributed by atoms with Crippen LogP contribution in [0.4, 0.5) is 11.9 Å². The van der Waals surface area contributed by atoms with E-state index >= 15 is 0 Å². The van der Waals surface area contributed by atoms with Crippen LogP contribution in [0, 0.1) is 11.5 Å². The Labute approximate surface area is 123 Å². The summed E-state index contributed by atoms with van der Waals surface area (Å²) in [6.07, 6.45) is 2.02. The minimum Gasteiger partial charge on any atom is -0.467 e. The first-order chi connectivity index (χ1) is 10.3. The Balaban J connectivity index is 2.19. The van der Waals surface area contributed by atoms with E-state index < -0.39 is 0 Å². The van der Waals surface area contributed by atoms with Gasteiger partial charge < -0.3 is 10.1 Å². The standard InChI is InChI=1S/C14H16N6O/c1-3-20(10-15)13-17-12(18-14(19-13)21-2)16-9-11-7-5-4-6-8-11/h4-8H,3,9H2,1-2H3,(H,16,17,18,19). The smallest absolute Gasteiger partial charge is 0.322 e. The van der Waals surface area contributed by atoms with Gasteiger partial charge in [-0.25, -0.2) is 4.90 Å². The molecule has 0 radical (unpaired) electrons. The van der Waals surface area contributed by atoms with Crippen molar-refractivity contribution in [1.82, 2.24) is 15.0 Å². The van der Waals surface area contributed by atoms with Crippen LogP contribution in [0.25, 0.3) is 0 Å². The molecule has 0 unspecified atom stereocenters. The van der Waals surface area contributed by atoms with Gasteiger partial charge in [-0.1, -0.05) is 30.3 Å². The molecule has 1 heterocycles. The minimum atomic E-state index is 0.171. The van der Waals surface area contributed by atoms with E-state index in [9.17, 15) is 0 Å². The van der Waals surface area contributed by atoms with E-state index in [0.717, 1.165) is 5.56 Å². The fourth-order valence-corrected chi connectivity index (χ4v) is 1.67. The summed E-state index contributed by atoms with van der Waals surface area (Å²) >= 11 is 0. The van der Waals surface area contributed by atoms with Crippen molar-refractivity contribution in [2.75, 3.05) is 23.9 Å². The van der Waals surface area contributed by atoms with Gasteiger partial charge in [0.1, 0.15) is 0 Å². The normalized spacial score (nSPS) is 9.76. The molecule has 0 fully saturated rings. The zero-order valence-electron chi connectivity index (χ0n) is 11.9. The van der Waals surface area contributed by atoms with Crippen molar-refractivity contribution in [3.63, 3.8) is 0 Å². The van der Waals surface area contributed by atoms with Crippen LogP contribution in [-0.4, -0.2) is 28.6 Å². The Hall–Kier alpha value is -2.88. The monoisotopic (exact) mass is 284 g/mol. The van der Waals surface area contributed by atoms with E-state index in [1.54, 1.807) is 0 Å². The third-order valence-electron chi connectivity index (χ3n) is 2.76. The number of nitrogens with zero attached hydrogens (tertiary/aromatic N) is 5. The lowest BCUT2D eigenvalue weighted by atomic mass is 10.2. The zero-order chi connectivity index (χ0) is 15.1. The van der Waals surface area contributed by atoms with Gasteiger partial charge in [0.2, 0.25) is 11.9 Å². The summed E-state index contributed by atoms with van der Waals surface area (Å²) in [5.41, 5.74) is 1.10. The maximum absolute atomic E-state index is 9.06. The summed E-state index contributed by atoms with van der Waals surface area (Å²) < 4.78 is 5.05. The van der Waals surface area contributed by atoms with Gasteiger partial charge in [0.05, 0.1) is 7.11 Å². The summed E-state index contributed by atoms with van der Waals surface area (Å²) in [4.78, 5) is 13.8. The summed E-state index contributed by atoms with van der Waals surface area (Å²) in [7, 11) is 1.47. The number of rotatable bonds is 6. The highest BCUT2D eigenvalue weighted by Gasteiger charge is 2.12. The number of anilines is 2. The van der Waals surface area contributed by atoms with Crippen molar-refractivity contribution in [1.29, 1.82) is 5.26 Å². The highest BCUT2D eigenvalue weighted by atomic mass is 16.5. The van der Waals surface area contributed by atoms with E-state index in [1.165, 1.54) is 12.0 Å².